The molecule has 2 rings (SSSR count). The number of hydrogen-bond acceptors (Lipinski definition) is 3. The summed E-state index contributed by atoms with van der Waals surface area (Å²) in [5.74, 6) is 0.987. The molecule has 1 aromatic carbocycles. The Bertz CT molecular complexity index is 433. The first kappa shape index (κ1) is 14.4. The number of nitrogens with two attached hydrogens (primary N) is 1. The number of benzene rings is 1. The summed E-state index contributed by atoms with van der Waals surface area (Å²) in [5, 5.41) is 0. The van der Waals surface area contributed by atoms with Crippen LogP contribution in [0.1, 0.15) is 50.8 Å². The molecule has 2 N–H and O–H groups in total. The highest BCUT2D eigenvalue weighted by Gasteiger charge is 2.34. The van der Waals surface area contributed by atoms with Crippen LogP contribution in [0.25, 0.3) is 0 Å². The van der Waals surface area contributed by atoms with E-state index in [2.05, 4.69) is 32.0 Å². The van der Waals surface area contributed by atoms with Crippen molar-refractivity contribution in [3.63, 3.8) is 0 Å². The molecule has 3 nitrogen and oxygen atoms in total. The lowest BCUT2D eigenvalue weighted by Crippen LogP contribution is -2.41. The fourth-order valence-electron chi connectivity index (χ4n) is 2.73. The van der Waals surface area contributed by atoms with Gasteiger partial charge in [-0.15, -0.1) is 0 Å². The summed E-state index contributed by atoms with van der Waals surface area (Å²) in [6, 6.07) is 6.12. The molecule has 0 bridgehead atoms. The third-order valence-corrected chi connectivity index (χ3v) is 4.13. The van der Waals surface area contributed by atoms with Gasteiger partial charge in [0.05, 0.1) is 18.2 Å². The van der Waals surface area contributed by atoms with Crippen LogP contribution in [0.2, 0.25) is 0 Å². The van der Waals surface area contributed by atoms with Crippen molar-refractivity contribution in [1.82, 2.24) is 0 Å². The molecule has 0 spiro atoms. The molecular formula is C16H25NO2. The second-order valence-corrected chi connectivity index (χ2v) is 5.36. The molecule has 1 aromatic rings. The number of hydrogen-bond donors (Lipinski definition) is 1. The standard InChI is InChI=1S/C16H25NO2/c1-4-16(3,19-5-2)15(17)13-10-6-8-12-9-7-11-18-14(12)13/h6,8,10,15H,4-5,7,9,11,17H2,1-3H3. The van der Waals surface area contributed by atoms with Crippen LogP contribution in [-0.4, -0.2) is 18.8 Å². The smallest absolute Gasteiger partial charge is 0.127 e. The van der Waals surface area contributed by atoms with E-state index in [4.69, 9.17) is 15.2 Å². The molecule has 3 heteroatoms. The third kappa shape index (κ3) is 2.77. The van der Waals surface area contributed by atoms with E-state index in [0.717, 1.165) is 37.2 Å². The van der Waals surface area contributed by atoms with E-state index < -0.39 is 0 Å². The molecule has 0 saturated heterocycles. The predicted octanol–water partition coefficient (Wildman–Crippen LogP) is 3.22. The van der Waals surface area contributed by atoms with E-state index in [1.807, 2.05) is 6.92 Å². The van der Waals surface area contributed by atoms with Crippen LogP contribution in [-0.2, 0) is 11.2 Å². The quantitative estimate of drug-likeness (QED) is 0.887. The zero-order chi connectivity index (χ0) is 13.9. The summed E-state index contributed by atoms with van der Waals surface area (Å²) < 4.78 is 11.8. The van der Waals surface area contributed by atoms with Crippen LogP contribution in [0.4, 0.5) is 0 Å². The van der Waals surface area contributed by atoms with Crippen molar-refractivity contribution in [2.24, 2.45) is 5.73 Å². The fourth-order valence-corrected chi connectivity index (χ4v) is 2.73. The Labute approximate surface area is 116 Å². The average Bonchev–Trinajstić information content (AvgIpc) is 2.46. The van der Waals surface area contributed by atoms with Gasteiger partial charge in [-0.25, -0.2) is 0 Å². The lowest BCUT2D eigenvalue weighted by Gasteiger charge is -2.36. The zero-order valence-electron chi connectivity index (χ0n) is 12.2. The number of para-hydroxylation sites is 1. The summed E-state index contributed by atoms with van der Waals surface area (Å²) in [4.78, 5) is 0. The van der Waals surface area contributed by atoms with Crippen LogP contribution >= 0.6 is 0 Å². The minimum absolute atomic E-state index is 0.162. The normalized spacial score (nSPS) is 19.2. The van der Waals surface area contributed by atoms with Crippen molar-refractivity contribution in [2.75, 3.05) is 13.2 Å². The van der Waals surface area contributed by atoms with Crippen LogP contribution in [0.3, 0.4) is 0 Å². The molecule has 0 radical (unpaired) electrons. The number of aryl methyl sites for hydroxylation is 1. The summed E-state index contributed by atoms with van der Waals surface area (Å²) in [6.45, 7) is 7.68. The Kier molecular flexibility index (Phi) is 4.48. The molecule has 0 aromatic heterocycles. The molecule has 1 heterocycles. The maximum Gasteiger partial charge on any atom is 0.127 e. The van der Waals surface area contributed by atoms with Gasteiger partial charge in [-0.1, -0.05) is 25.1 Å². The first-order valence-corrected chi connectivity index (χ1v) is 7.26. The Morgan fingerprint density at radius 3 is 2.89 bits per heavy atom. The van der Waals surface area contributed by atoms with Crippen LogP contribution in [0.15, 0.2) is 18.2 Å². The van der Waals surface area contributed by atoms with E-state index in [1.54, 1.807) is 0 Å². The molecule has 0 fully saturated rings. The van der Waals surface area contributed by atoms with Crippen molar-refractivity contribution in [2.45, 2.75) is 51.7 Å². The molecule has 106 valence electrons. The van der Waals surface area contributed by atoms with Crippen LogP contribution < -0.4 is 10.5 Å². The summed E-state index contributed by atoms with van der Waals surface area (Å²) in [5.41, 5.74) is 8.50. The zero-order valence-corrected chi connectivity index (χ0v) is 12.2. The van der Waals surface area contributed by atoms with Crippen molar-refractivity contribution in [1.29, 1.82) is 0 Å². The van der Waals surface area contributed by atoms with Crippen molar-refractivity contribution < 1.29 is 9.47 Å². The van der Waals surface area contributed by atoms with E-state index in [-0.39, 0.29) is 11.6 Å². The molecule has 2 unspecified atom stereocenters. The van der Waals surface area contributed by atoms with Gasteiger partial charge in [-0.3, -0.25) is 0 Å². The molecule has 19 heavy (non-hydrogen) atoms. The molecule has 0 aliphatic carbocycles. The first-order chi connectivity index (χ1) is 9.12. The van der Waals surface area contributed by atoms with Gasteiger partial charge in [-0.2, -0.15) is 0 Å². The van der Waals surface area contributed by atoms with Gasteiger partial charge in [0, 0.05) is 12.2 Å². The van der Waals surface area contributed by atoms with Gasteiger partial charge in [0.2, 0.25) is 0 Å². The number of rotatable bonds is 5. The fraction of sp³-hybridized carbons (Fsp3) is 0.625. The van der Waals surface area contributed by atoms with Crippen molar-refractivity contribution in [3.8, 4) is 5.75 Å². The van der Waals surface area contributed by atoms with Gasteiger partial charge in [-0.05, 0) is 38.7 Å². The van der Waals surface area contributed by atoms with Crippen LogP contribution in [0, 0.1) is 0 Å². The minimum atomic E-state index is -0.343. The Morgan fingerprint density at radius 2 is 2.21 bits per heavy atom. The van der Waals surface area contributed by atoms with E-state index in [1.165, 1.54) is 5.56 Å². The largest absolute Gasteiger partial charge is 0.493 e. The monoisotopic (exact) mass is 263 g/mol. The predicted molar refractivity (Wildman–Crippen MR) is 77.5 cm³/mol. The molecule has 1 aliphatic heterocycles. The van der Waals surface area contributed by atoms with Gasteiger partial charge >= 0.3 is 0 Å². The molecule has 0 amide bonds. The molecule has 0 saturated carbocycles. The highest BCUT2D eigenvalue weighted by atomic mass is 16.5. The molecule has 2 atom stereocenters. The maximum absolute atomic E-state index is 6.49. The van der Waals surface area contributed by atoms with Crippen molar-refractivity contribution in [3.05, 3.63) is 29.3 Å². The summed E-state index contributed by atoms with van der Waals surface area (Å²) in [6.07, 6.45) is 3.04. The third-order valence-electron chi connectivity index (χ3n) is 4.13. The summed E-state index contributed by atoms with van der Waals surface area (Å²) in [7, 11) is 0. The van der Waals surface area contributed by atoms with Gasteiger partial charge < -0.3 is 15.2 Å². The molecular weight excluding hydrogens is 238 g/mol. The second kappa shape index (κ2) is 5.93. The first-order valence-electron chi connectivity index (χ1n) is 7.26. The van der Waals surface area contributed by atoms with Gasteiger partial charge in [0.1, 0.15) is 5.75 Å². The van der Waals surface area contributed by atoms with Gasteiger partial charge in [0.15, 0.2) is 0 Å². The lowest BCUT2D eigenvalue weighted by molar-refractivity contribution is -0.0478. The summed E-state index contributed by atoms with van der Waals surface area (Å²) >= 11 is 0. The second-order valence-electron chi connectivity index (χ2n) is 5.36. The topological polar surface area (TPSA) is 44.5 Å². The van der Waals surface area contributed by atoms with Crippen molar-refractivity contribution >= 4 is 0 Å². The molecule has 1 aliphatic rings. The average molecular weight is 263 g/mol. The highest BCUT2D eigenvalue weighted by Crippen LogP contribution is 2.38. The Balaban J connectivity index is 2.35. The Morgan fingerprint density at radius 1 is 1.42 bits per heavy atom. The van der Waals surface area contributed by atoms with E-state index in [0.29, 0.717) is 6.61 Å². The number of ether oxygens (including phenoxy) is 2. The van der Waals surface area contributed by atoms with E-state index in [9.17, 15) is 0 Å². The van der Waals surface area contributed by atoms with Crippen LogP contribution in [0.5, 0.6) is 5.75 Å². The lowest BCUT2D eigenvalue weighted by atomic mass is 9.86. The maximum atomic E-state index is 6.49. The number of fused-ring (bicyclic) bond motifs is 1. The minimum Gasteiger partial charge on any atom is -0.493 e. The Hall–Kier alpha value is -1.06. The highest BCUT2D eigenvalue weighted by molar-refractivity contribution is 5.45. The van der Waals surface area contributed by atoms with E-state index >= 15 is 0 Å². The van der Waals surface area contributed by atoms with Gasteiger partial charge in [0.25, 0.3) is 0 Å². The SMILES string of the molecule is CCOC(C)(CC)C(N)c1cccc2c1OCCC2.